The topological polar surface area (TPSA) is 57.4 Å². The summed E-state index contributed by atoms with van der Waals surface area (Å²) in [5.41, 5.74) is 7.12. The molecule has 2 N–H and O–H groups in total. The molecule has 32 heavy (non-hydrogen) atoms. The van der Waals surface area contributed by atoms with E-state index in [-0.39, 0.29) is 11.7 Å². The first-order valence-electron chi connectivity index (χ1n) is 11.2. The Balaban J connectivity index is 1.63. The molecule has 4 rings (SSSR count). The molecule has 5 nitrogen and oxygen atoms in total. The zero-order chi connectivity index (χ0) is 22.8. The molecule has 0 spiro atoms. The number of nitrogens with zero attached hydrogens (tertiary/aromatic N) is 1. The molecule has 1 fully saturated rings. The monoisotopic (exact) mass is 449 g/mol. The Labute approximate surface area is 194 Å². The van der Waals surface area contributed by atoms with Gasteiger partial charge in [0.25, 0.3) is 5.56 Å². The smallest absolute Gasteiger partial charge is 0.253 e. The summed E-state index contributed by atoms with van der Waals surface area (Å²) in [6, 6.07) is 12.4. The van der Waals surface area contributed by atoms with Crippen molar-refractivity contribution in [3.8, 4) is 0 Å². The number of rotatable bonds is 5. The van der Waals surface area contributed by atoms with Crippen LogP contribution in [-0.4, -0.2) is 34.3 Å². The molecule has 2 aromatic carbocycles. The van der Waals surface area contributed by atoms with Gasteiger partial charge in [-0.2, -0.15) is 0 Å². The van der Waals surface area contributed by atoms with Gasteiger partial charge in [0.05, 0.1) is 12.6 Å². The van der Waals surface area contributed by atoms with Gasteiger partial charge in [0.15, 0.2) is 5.11 Å². The molecule has 0 aliphatic carbocycles. The first-order valence-corrected chi connectivity index (χ1v) is 11.6. The molecule has 0 amide bonds. The fourth-order valence-electron chi connectivity index (χ4n) is 4.44. The zero-order valence-corrected chi connectivity index (χ0v) is 20.1. The lowest BCUT2D eigenvalue weighted by molar-refractivity contribution is 0.0904. The third-order valence-electron chi connectivity index (χ3n) is 6.11. The molecule has 168 valence electrons. The Morgan fingerprint density at radius 2 is 1.91 bits per heavy atom. The second kappa shape index (κ2) is 9.43. The van der Waals surface area contributed by atoms with Crippen molar-refractivity contribution < 1.29 is 4.74 Å². The third kappa shape index (κ3) is 5.03. The quantitative estimate of drug-likeness (QED) is 0.528. The van der Waals surface area contributed by atoms with E-state index in [1.54, 1.807) is 0 Å². The Kier molecular flexibility index (Phi) is 6.63. The lowest BCUT2D eigenvalue weighted by atomic mass is 10.0. The van der Waals surface area contributed by atoms with Gasteiger partial charge in [0.2, 0.25) is 0 Å². The van der Waals surface area contributed by atoms with Crippen molar-refractivity contribution in [2.75, 3.05) is 18.5 Å². The van der Waals surface area contributed by atoms with E-state index in [0.29, 0.717) is 23.8 Å². The lowest BCUT2D eigenvalue weighted by Gasteiger charge is -2.28. The molecular weight excluding hydrogens is 418 g/mol. The number of aryl methyl sites for hydroxylation is 4. The van der Waals surface area contributed by atoms with Crippen LogP contribution in [-0.2, 0) is 11.3 Å². The van der Waals surface area contributed by atoms with Crippen molar-refractivity contribution in [3.63, 3.8) is 0 Å². The standard InChI is InChI=1S/C26H31N3O2S/c1-16-7-8-23(19(4)10-16)28-26(32)29(15-21-6-5-9-31-21)14-20-13-22-18(3)11-17(2)12-24(22)27-25(20)30/h7-8,10-13,21H,5-6,9,14-15H2,1-4H3,(H,27,30)(H,28,32)/t21-/m1/s1. The van der Waals surface area contributed by atoms with E-state index in [1.165, 1.54) is 5.56 Å². The number of ether oxygens (including phenoxy) is 1. The minimum atomic E-state index is -0.0749. The third-order valence-corrected chi connectivity index (χ3v) is 6.47. The number of pyridine rings is 1. The minimum absolute atomic E-state index is 0.0749. The van der Waals surface area contributed by atoms with Crippen molar-refractivity contribution in [3.05, 3.63) is 74.6 Å². The number of nitrogens with one attached hydrogen (secondary N) is 2. The van der Waals surface area contributed by atoms with E-state index >= 15 is 0 Å². The first kappa shape index (κ1) is 22.5. The van der Waals surface area contributed by atoms with Gasteiger partial charge in [0, 0.05) is 35.3 Å². The van der Waals surface area contributed by atoms with Crippen LogP contribution in [0.4, 0.5) is 5.69 Å². The normalized spacial score (nSPS) is 15.8. The summed E-state index contributed by atoms with van der Waals surface area (Å²) in [6.07, 6.45) is 2.19. The fourth-order valence-corrected chi connectivity index (χ4v) is 4.69. The number of H-pyrrole nitrogens is 1. The van der Waals surface area contributed by atoms with Crippen molar-refractivity contribution in [2.45, 2.75) is 53.2 Å². The van der Waals surface area contributed by atoms with Crippen LogP contribution in [0.25, 0.3) is 10.9 Å². The van der Waals surface area contributed by atoms with Gasteiger partial charge < -0.3 is 19.9 Å². The number of benzene rings is 2. The van der Waals surface area contributed by atoms with Crippen LogP contribution in [0.2, 0.25) is 0 Å². The molecule has 3 aromatic rings. The molecule has 1 atom stereocenters. The van der Waals surface area contributed by atoms with Crippen LogP contribution in [0.5, 0.6) is 0 Å². The number of aromatic amines is 1. The number of anilines is 1. The molecule has 6 heteroatoms. The van der Waals surface area contributed by atoms with Crippen LogP contribution in [0, 0.1) is 27.7 Å². The number of aromatic nitrogens is 1. The summed E-state index contributed by atoms with van der Waals surface area (Å²) in [4.78, 5) is 18.0. The van der Waals surface area contributed by atoms with Crippen LogP contribution >= 0.6 is 12.2 Å². The summed E-state index contributed by atoms with van der Waals surface area (Å²) in [7, 11) is 0. The highest BCUT2D eigenvalue weighted by molar-refractivity contribution is 7.80. The molecule has 1 aliphatic heterocycles. The van der Waals surface area contributed by atoms with E-state index in [4.69, 9.17) is 17.0 Å². The Morgan fingerprint density at radius 3 is 2.62 bits per heavy atom. The Morgan fingerprint density at radius 1 is 1.12 bits per heavy atom. The first-order chi connectivity index (χ1) is 15.3. The van der Waals surface area contributed by atoms with Crippen molar-refractivity contribution in [1.82, 2.24) is 9.88 Å². The van der Waals surface area contributed by atoms with E-state index in [1.807, 2.05) is 19.1 Å². The average Bonchev–Trinajstić information content (AvgIpc) is 3.23. The second-order valence-electron chi connectivity index (χ2n) is 8.93. The predicted octanol–water partition coefficient (Wildman–Crippen LogP) is 5.14. The van der Waals surface area contributed by atoms with Crippen LogP contribution < -0.4 is 10.9 Å². The molecule has 1 aromatic heterocycles. The summed E-state index contributed by atoms with van der Waals surface area (Å²) in [5.74, 6) is 0. The predicted molar refractivity (Wildman–Crippen MR) is 136 cm³/mol. The molecule has 0 saturated carbocycles. The summed E-state index contributed by atoms with van der Waals surface area (Å²) < 4.78 is 5.88. The SMILES string of the molecule is Cc1ccc(NC(=S)N(Cc2cc3c(C)cc(C)cc3[nH]c2=O)C[C@H]2CCCO2)c(C)c1. The summed E-state index contributed by atoms with van der Waals surface area (Å²) in [6.45, 7) is 10.1. The number of hydrogen-bond donors (Lipinski definition) is 2. The molecular formula is C26H31N3O2S. The number of hydrogen-bond acceptors (Lipinski definition) is 3. The second-order valence-corrected chi connectivity index (χ2v) is 9.32. The molecule has 0 bridgehead atoms. The van der Waals surface area contributed by atoms with Gasteiger partial charge in [-0.25, -0.2) is 0 Å². The fraction of sp³-hybridized carbons (Fsp3) is 0.385. The van der Waals surface area contributed by atoms with E-state index < -0.39 is 0 Å². The van der Waals surface area contributed by atoms with Crippen LogP contribution in [0.3, 0.4) is 0 Å². The Hall–Kier alpha value is -2.70. The van der Waals surface area contributed by atoms with Gasteiger partial charge >= 0.3 is 0 Å². The summed E-state index contributed by atoms with van der Waals surface area (Å²) in [5, 5.41) is 5.07. The summed E-state index contributed by atoms with van der Waals surface area (Å²) >= 11 is 5.81. The highest BCUT2D eigenvalue weighted by atomic mass is 32.1. The minimum Gasteiger partial charge on any atom is -0.376 e. The number of thiocarbonyl (C=S) groups is 1. The lowest BCUT2D eigenvalue weighted by Crippen LogP contribution is -2.40. The van der Waals surface area contributed by atoms with E-state index in [0.717, 1.165) is 52.7 Å². The van der Waals surface area contributed by atoms with Gasteiger partial charge in [0.1, 0.15) is 0 Å². The molecule has 1 aliphatic rings. The van der Waals surface area contributed by atoms with E-state index in [2.05, 4.69) is 60.2 Å². The molecule has 2 heterocycles. The van der Waals surface area contributed by atoms with Crippen molar-refractivity contribution >= 4 is 33.9 Å². The van der Waals surface area contributed by atoms with E-state index in [9.17, 15) is 4.79 Å². The molecule has 0 radical (unpaired) electrons. The van der Waals surface area contributed by atoms with Gasteiger partial charge in [-0.05, 0) is 87.6 Å². The largest absolute Gasteiger partial charge is 0.376 e. The van der Waals surface area contributed by atoms with Crippen molar-refractivity contribution in [2.24, 2.45) is 0 Å². The van der Waals surface area contributed by atoms with Crippen LogP contribution in [0.15, 0.2) is 41.2 Å². The maximum absolute atomic E-state index is 12.9. The van der Waals surface area contributed by atoms with Gasteiger partial charge in [-0.1, -0.05) is 23.8 Å². The van der Waals surface area contributed by atoms with Crippen molar-refractivity contribution in [1.29, 1.82) is 0 Å². The Bertz CT molecular complexity index is 1210. The highest BCUT2D eigenvalue weighted by Gasteiger charge is 2.22. The number of fused-ring (bicyclic) bond motifs is 1. The average molecular weight is 450 g/mol. The zero-order valence-electron chi connectivity index (χ0n) is 19.2. The highest BCUT2D eigenvalue weighted by Crippen LogP contribution is 2.22. The molecule has 1 saturated heterocycles. The van der Waals surface area contributed by atoms with Crippen LogP contribution in [0.1, 0.15) is 40.7 Å². The molecule has 0 unspecified atom stereocenters. The van der Waals surface area contributed by atoms with Gasteiger partial charge in [-0.15, -0.1) is 0 Å². The maximum atomic E-state index is 12.9. The van der Waals surface area contributed by atoms with Gasteiger partial charge in [-0.3, -0.25) is 4.79 Å². The maximum Gasteiger partial charge on any atom is 0.253 e.